The van der Waals surface area contributed by atoms with Crippen molar-refractivity contribution in [1.29, 1.82) is 0 Å². The molecule has 1 amide bonds. The molecule has 0 saturated carbocycles. The topological polar surface area (TPSA) is 85.2 Å². The smallest absolute Gasteiger partial charge is 0.237 e. The highest BCUT2D eigenvalue weighted by atomic mass is 35.5. The molecule has 1 saturated heterocycles. The van der Waals surface area contributed by atoms with Crippen molar-refractivity contribution in [3.05, 3.63) is 77.1 Å². The number of rotatable bonds is 9. The van der Waals surface area contributed by atoms with Gasteiger partial charge < -0.3 is 10.1 Å². The Morgan fingerprint density at radius 2 is 2.12 bits per heavy atom. The average molecular weight is 467 g/mol. The lowest BCUT2D eigenvalue weighted by Crippen LogP contribution is -2.43. The van der Waals surface area contributed by atoms with Crippen molar-refractivity contribution in [2.75, 3.05) is 26.7 Å². The Kier molecular flexibility index (Phi) is 7.70. The maximum absolute atomic E-state index is 13.1. The predicted molar refractivity (Wildman–Crippen MR) is 127 cm³/mol. The fourth-order valence-electron chi connectivity index (χ4n) is 4.06. The monoisotopic (exact) mass is 466 g/mol. The molecule has 8 nitrogen and oxygen atoms in total. The minimum Gasteiger partial charge on any atom is -0.497 e. The van der Waals surface area contributed by atoms with Crippen LogP contribution in [0.5, 0.6) is 5.75 Å². The van der Waals surface area contributed by atoms with Gasteiger partial charge in [-0.3, -0.25) is 9.69 Å². The summed E-state index contributed by atoms with van der Waals surface area (Å²) in [6, 6.07) is 15.4. The van der Waals surface area contributed by atoms with E-state index in [-0.39, 0.29) is 18.0 Å². The molecule has 2 atom stereocenters. The van der Waals surface area contributed by atoms with E-state index in [4.69, 9.17) is 16.3 Å². The third-order valence-corrected chi connectivity index (χ3v) is 6.03. The van der Waals surface area contributed by atoms with Gasteiger partial charge in [-0.15, -0.1) is 5.10 Å². The molecule has 1 aromatic heterocycles. The number of tetrazole rings is 1. The number of benzene rings is 2. The summed E-state index contributed by atoms with van der Waals surface area (Å²) < 4.78 is 6.94. The lowest BCUT2D eigenvalue weighted by Gasteiger charge is -2.22. The summed E-state index contributed by atoms with van der Waals surface area (Å²) >= 11 is 6.06. The molecule has 4 rings (SSSR count). The zero-order valence-electron chi connectivity index (χ0n) is 18.5. The van der Waals surface area contributed by atoms with Crippen molar-refractivity contribution in [2.45, 2.75) is 24.9 Å². The SMILES string of the molecule is COc1ccc(/C=C/CN2C[C@H](n3cnnn3)C[C@H]2C(=O)NCCc2cccc(Cl)c2)cc1. The summed E-state index contributed by atoms with van der Waals surface area (Å²) in [6.07, 6.45) is 7.13. The minimum absolute atomic E-state index is 0.0189. The van der Waals surface area contributed by atoms with Crippen LogP contribution in [0.1, 0.15) is 23.6 Å². The van der Waals surface area contributed by atoms with Crippen LogP contribution in [0.25, 0.3) is 6.08 Å². The van der Waals surface area contributed by atoms with Gasteiger partial charge in [0.2, 0.25) is 5.91 Å². The second-order valence-corrected chi connectivity index (χ2v) is 8.43. The standard InChI is InChI=1S/C24H27ClN6O2/c1-33-22-9-7-18(8-10-22)5-3-13-30-16-21(31-17-27-28-29-31)15-23(30)24(32)26-12-11-19-4-2-6-20(25)14-19/h2-10,14,17,21,23H,11-13,15-16H2,1H3,(H,26,32)/b5-3+/t21-,23+/m1/s1. The minimum atomic E-state index is -0.251. The Labute approximate surface area is 198 Å². The average Bonchev–Trinajstić information content (AvgIpc) is 3.50. The van der Waals surface area contributed by atoms with E-state index in [2.05, 4.69) is 37.9 Å². The molecule has 1 N–H and O–H groups in total. The molecule has 2 heterocycles. The van der Waals surface area contributed by atoms with Gasteiger partial charge in [0, 0.05) is 24.7 Å². The Hall–Kier alpha value is -3.23. The number of ether oxygens (including phenoxy) is 1. The predicted octanol–water partition coefficient (Wildman–Crippen LogP) is 3.02. The first-order valence-corrected chi connectivity index (χ1v) is 11.3. The third-order valence-electron chi connectivity index (χ3n) is 5.79. The first kappa shape index (κ1) is 22.9. The zero-order valence-corrected chi connectivity index (χ0v) is 19.2. The van der Waals surface area contributed by atoms with Crippen molar-refractivity contribution < 1.29 is 9.53 Å². The highest BCUT2D eigenvalue weighted by Crippen LogP contribution is 2.26. The Morgan fingerprint density at radius 1 is 1.27 bits per heavy atom. The van der Waals surface area contributed by atoms with Crippen LogP contribution in [0.4, 0.5) is 0 Å². The molecule has 1 fully saturated rings. The number of nitrogens with one attached hydrogen (secondary N) is 1. The number of nitrogens with zero attached hydrogens (tertiary/aromatic N) is 5. The Bertz CT molecular complexity index is 1070. The van der Waals surface area contributed by atoms with Crippen LogP contribution >= 0.6 is 11.6 Å². The second-order valence-electron chi connectivity index (χ2n) is 8.00. The van der Waals surface area contributed by atoms with Crippen molar-refractivity contribution in [2.24, 2.45) is 0 Å². The first-order valence-electron chi connectivity index (χ1n) is 10.9. The summed E-state index contributed by atoms with van der Waals surface area (Å²) in [7, 11) is 1.65. The van der Waals surface area contributed by atoms with Gasteiger partial charge in [-0.25, -0.2) is 4.68 Å². The fraction of sp³-hybridized carbons (Fsp3) is 0.333. The molecule has 1 aliphatic heterocycles. The van der Waals surface area contributed by atoms with Crippen molar-refractivity contribution in [1.82, 2.24) is 30.4 Å². The van der Waals surface area contributed by atoms with E-state index in [1.54, 1.807) is 18.1 Å². The Morgan fingerprint density at radius 3 is 2.85 bits per heavy atom. The molecule has 0 radical (unpaired) electrons. The summed E-state index contributed by atoms with van der Waals surface area (Å²) in [4.78, 5) is 15.2. The maximum Gasteiger partial charge on any atom is 0.237 e. The van der Waals surface area contributed by atoms with Crippen LogP contribution in [0.15, 0.2) is 60.9 Å². The summed E-state index contributed by atoms with van der Waals surface area (Å²) in [5.74, 6) is 0.843. The van der Waals surface area contributed by atoms with Gasteiger partial charge in [-0.1, -0.05) is 48.0 Å². The van der Waals surface area contributed by atoms with Gasteiger partial charge in [0.05, 0.1) is 19.2 Å². The summed E-state index contributed by atoms with van der Waals surface area (Å²) in [6.45, 7) is 1.90. The van der Waals surface area contributed by atoms with Crippen LogP contribution in [0, 0.1) is 0 Å². The van der Waals surface area contributed by atoms with Crippen molar-refractivity contribution in [3.8, 4) is 5.75 Å². The maximum atomic E-state index is 13.1. The van der Waals surface area contributed by atoms with Crippen LogP contribution in [-0.4, -0.2) is 63.8 Å². The number of carbonyl (C=O) groups is 1. The summed E-state index contributed by atoms with van der Waals surface area (Å²) in [5, 5.41) is 15.3. The number of carbonyl (C=O) groups excluding carboxylic acids is 1. The lowest BCUT2D eigenvalue weighted by molar-refractivity contribution is -0.125. The van der Waals surface area contributed by atoms with E-state index < -0.39 is 0 Å². The number of aromatic nitrogens is 4. The van der Waals surface area contributed by atoms with E-state index in [1.807, 2.05) is 48.5 Å². The number of likely N-dealkylation sites (tertiary alicyclic amines) is 1. The largest absolute Gasteiger partial charge is 0.497 e. The number of halogens is 1. The normalized spacial score (nSPS) is 18.6. The molecule has 3 aromatic rings. The van der Waals surface area contributed by atoms with Crippen LogP contribution in [0.2, 0.25) is 5.02 Å². The third kappa shape index (κ3) is 6.18. The Balaban J connectivity index is 1.37. The molecule has 0 aliphatic carbocycles. The number of hydrogen-bond acceptors (Lipinski definition) is 6. The number of amides is 1. The highest BCUT2D eigenvalue weighted by Gasteiger charge is 2.37. The van der Waals surface area contributed by atoms with Crippen LogP contribution in [0.3, 0.4) is 0 Å². The fourth-order valence-corrected chi connectivity index (χ4v) is 4.27. The van der Waals surface area contributed by atoms with Gasteiger partial charge in [-0.2, -0.15) is 0 Å². The molecular weight excluding hydrogens is 440 g/mol. The van der Waals surface area contributed by atoms with E-state index in [0.717, 1.165) is 23.3 Å². The quantitative estimate of drug-likeness (QED) is 0.521. The van der Waals surface area contributed by atoms with Gasteiger partial charge >= 0.3 is 0 Å². The summed E-state index contributed by atoms with van der Waals surface area (Å²) in [5.41, 5.74) is 2.18. The number of hydrogen-bond donors (Lipinski definition) is 1. The molecular formula is C24H27ClN6O2. The molecule has 9 heteroatoms. The molecule has 33 heavy (non-hydrogen) atoms. The second kappa shape index (κ2) is 11.1. The molecule has 0 bridgehead atoms. The van der Waals surface area contributed by atoms with E-state index in [1.165, 1.54) is 0 Å². The van der Waals surface area contributed by atoms with Gasteiger partial charge in [-0.05, 0) is 58.7 Å². The first-order chi connectivity index (χ1) is 16.1. The van der Waals surface area contributed by atoms with Crippen LogP contribution in [-0.2, 0) is 11.2 Å². The van der Waals surface area contributed by atoms with Gasteiger partial charge in [0.1, 0.15) is 12.1 Å². The molecule has 2 aromatic carbocycles. The van der Waals surface area contributed by atoms with Gasteiger partial charge in [0.25, 0.3) is 0 Å². The van der Waals surface area contributed by atoms with Gasteiger partial charge in [0.15, 0.2) is 0 Å². The van der Waals surface area contributed by atoms with E-state index in [0.29, 0.717) is 31.1 Å². The molecule has 172 valence electrons. The lowest BCUT2D eigenvalue weighted by atomic mass is 10.1. The van der Waals surface area contributed by atoms with Crippen molar-refractivity contribution in [3.63, 3.8) is 0 Å². The molecule has 0 spiro atoms. The number of methoxy groups -OCH3 is 1. The van der Waals surface area contributed by atoms with E-state index in [9.17, 15) is 4.79 Å². The molecule has 0 unspecified atom stereocenters. The highest BCUT2D eigenvalue weighted by molar-refractivity contribution is 6.30. The van der Waals surface area contributed by atoms with E-state index >= 15 is 0 Å². The van der Waals surface area contributed by atoms with Crippen molar-refractivity contribution >= 4 is 23.6 Å². The molecule has 1 aliphatic rings. The zero-order chi connectivity index (χ0) is 23.0. The van der Waals surface area contributed by atoms with Crippen LogP contribution < -0.4 is 10.1 Å².